The Kier molecular flexibility index (Phi) is 5.36. The Labute approximate surface area is 136 Å². The average Bonchev–Trinajstić information content (AvgIpc) is 2.52. The van der Waals surface area contributed by atoms with Crippen molar-refractivity contribution >= 4 is 23.0 Å². The Morgan fingerprint density at radius 2 is 1.83 bits per heavy atom. The van der Waals surface area contributed by atoms with Gasteiger partial charge in [-0.15, -0.1) is 0 Å². The molecule has 0 aliphatic heterocycles. The van der Waals surface area contributed by atoms with Crippen LogP contribution in [0.2, 0.25) is 0 Å². The first-order chi connectivity index (χ1) is 11.0. The molecule has 2 rings (SSSR count). The summed E-state index contributed by atoms with van der Waals surface area (Å²) in [6, 6.07) is 13.4. The van der Waals surface area contributed by atoms with Gasteiger partial charge in [-0.1, -0.05) is 29.8 Å². The Morgan fingerprint density at radius 3 is 2.48 bits per heavy atom. The molecule has 0 aliphatic carbocycles. The Morgan fingerprint density at radius 1 is 1.13 bits per heavy atom. The highest BCUT2D eigenvalue weighted by molar-refractivity contribution is 5.99. The van der Waals surface area contributed by atoms with Crippen molar-refractivity contribution in [2.24, 2.45) is 5.10 Å². The molecule has 2 aromatic rings. The van der Waals surface area contributed by atoms with Crippen LogP contribution >= 0.6 is 0 Å². The number of anilines is 2. The average molecular weight is 310 g/mol. The van der Waals surface area contributed by atoms with Crippen LogP contribution in [0, 0.1) is 13.8 Å². The summed E-state index contributed by atoms with van der Waals surface area (Å²) in [7, 11) is 0. The third-order valence-electron chi connectivity index (χ3n) is 3.50. The molecule has 1 amide bonds. The lowest BCUT2D eigenvalue weighted by molar-refractivity contribution is -0.119. The van der Waals surface area contributed by atoms with Crippen molar-refractivity contribution in [2.75, 3.05) is 17.6 Å². The number of aryl methyl sites for hydroxylation is 2. The van der Waals surface area contributed by atoms with E-state index in [1.807, 2.05) is 45.0 Å². The molecule has 0 aliphatic rings. The number of nitrogen functional groups attached to an aromatic ring is 1. The van der Waals surface area contributed by atoms with Gasteiger partial charge in [-0.25, -0.2) is 5.43 Å². The van der Waals surface area contributed by atoms with E-state index in [9.17, 15) is 4.79 Å². The number of carbonyl (C=O) groups excluding carboxylic acids is 1. The Balaban J connectivity index is 1.89. The number of nitrogens with one attached hydrogen (secondary N) is 2. The van der Waals surface area contributed by atoms with Gasteiger partial charge in [0, 0.05) is 11.4 Å². The van der Waals surface area contributed by atoms with Gasteiger partial charge in [0.2, 0.25) is 0 Å². The van der Waals surface area contributed by atoms with Gasteiger partial charge in [-0.2, -0.15) is 5.10 Å². The minimum atomic E-state index is -0.195. The second kappa shape index (κ2) is 7.45. The van der Waals surface area contributed by atoms with Crippen molar-refractivity contribution in [3.63, 3.8) is 0 Å². The summed E-state index contributed by atoms with van der Waals surface area (Å²) in [5.74, 6) is -0.195. The number of hydrazone groups is 1. The number of hydrogen-bond acceptors (Lipinski definition) is 4. The maximum atomic E-state index is 11.9. The Hall–Kier alpha value is -2.82. The standard InChI is InChI=1S/C18H22N4O/c1-12-4-9-17(13(2)10-12)20-11-18(23)22-21-14(3)15-5-7-16(19)8-6-15/h4-10,20H,11,19H2,1-3H3,(H,22,23)/b21-14-. The van der Waals surface area contributed by atoms with Crippen LogP contribution in [0.25, 0.3) is 0 Å². The van der Waals surface area contributed by atoms with E-state index >= 15 is 0 Å². The van der Waals surface area contributed by atoms with Gasteiger partial charge in [0.15, 0.2) is 0 Å². The van der Waals surface area contributed by atoms with Crippen LogP contribution in [0.4, 0.5) is 11.4 Å². The highest BCUT2D eigenvalue weighted by Gasteiger charge is 2.03. The molecule has 0 saturated heterocycles. The zero-order chi connectivity index (χ0) is 16.8. The number of nitrogens with two attached hydrogens (primary N) is 1. The van der Waals surface area contributed by atoms with Crippen molar-refractivity contribution in [3.05, 3.63) is 59.2 Å². The third kappa shape index (κ3) is 4.85. The van der Waals surface area contributed by atoms with Crippen LogP contribution in [0.15, 0.2) is 47.6 Å². The SMILES string of the molecule is C/C(=N/NC(=O)CNc1ccc(C)cc1C)c1ccc(N)cc1. The van der Waals surface area contributed by atoms with E-state index < -0.39 is 0 Å². The Bertz CT molecular complexity index is 720. The summed E-state index contributed by atoms with van der Waals surface area (Å²) < 4.78 is 0. The van der Waals surface area contributed by atoms with E-state index in [-0.39, 0.29) is 12.5 Å². The van der Waals surface area contributed by atoms with Crippen LogP contribution in [0.1, 0.15) is 23.6 Å². The smallest absolute Gasteiger partial charge is 0.259 e. The van der Waals surface area contributed by atoms with Crippen LogP contribution in [-0.2, 0) is 4.79 Å². The molecule has 120 valence electrons. The monoisotopic (exact) mass is 310 g/mol. The van der Waals surface area contributed by atoms with Crippen molar-refractivity contribution in [3.8, 4) is 0 Å². The van der Waals surface area contributed by atoms with E-state index in [1.165, 1.54) is 5.56 Å². The molecular formula is C18H22N4O. The summed E-state index contributed by atoms with van der Waals surface area (Å²) in [4.78, 5) is 11.9. The van der Waals surface area contributed by atoms with Gasteiger partial charge >= 0.3 is 0 Å². The maximum Gasteiger partial charge on any atom is 0.259 e. The van der Waals surface area contributed by atoms with Crippen LogP contribution in [0.3, 0.4) is 0 Å². The fourth-order valence-corrected chi connectivity index (χ4v) is 2.16. The number of amides is 1. The molecule has 0 spiro atoms. The van der Waals surface area contributed by atoms with Crippen LogP contribution in [-0.4, -0.2) is 18.2 Å². The molecule has 23 heavy (non-hydrogen) atoms. The highest BCUT2D eigenvalue weighted by atomic mass is 16.2. The lowest BCUT2D eigenvalue weighted by atomic mass is 10.1. The van der Waals surface area contributed by atoms with Gasteiger partial charge in [-0.05, 0) is 50.1 Å². The zero-order valence-electron chi connectivity index (χ0n) is 13.7. The summed E-state index contributed by atoms with van der Waals surface area (Å²) in [5.41, 5.74) is 13.8. The zero-order valence-corrected chi connectivity index (χ0v) is 13.7. The molecule has 0 saturated carbocycles. The lowest BCUT2D eigenvalue weighted by Gasteiger charge is -2.09. The molecule has 0 atom stereocenters. The van der Waals surface area contributed by atoms with E-state index in [1.54, 1.807) is 12.1 Å². The number of carbonyl (C=O) groups is 1. The van der Waals surface area contributed by atoms with Crippen molar-refractivity contribution in [1.29, 1.82) is 0 Å². The predicted octanol–water partition coefficient (Wildman–Crippen LogP) is 2.84. The second-order valence-electron chi connectivity index (χ2n) is 5.53. The molecule has 0 unspecified atom stereocenters. The molecule has 0 radical (unpaired) electrons. The first-order valence-electron chi connectivity index (χ1n) is 7.46. The van der Waals surface area contributed by atoms with Gasteiger partial charge in [0.25, 0.3) is 5.91 Å². The molecule has 5 heteroatoms. The quantitative estimate of drug-likeness (QED) is 0.451. The predicted molar refractivity (Wildman–Crippen MR) is 95.6 cm³/mol. The molecule has 2 aromatic carbocycles. The van der Waals surface area contributed by atoms with Gasteiger partial charge in [0.05, 0.1) is 12.3 Å². The number of rotatable bonds is 5. The molecule has 0 bridgehead atoms. The summed E-state index contributed by atoms with van der Waals surface area (Å²) in [6.45, 7) is 6.06. The molecular weight excluding hydrogens is 288 g/mol. The van der Waals surface area contributed by atoms with Crippen LogP contribution in [0.5, 0.6) is 0 Å². The molecule has 0 heterocycles. The first-order valence-corrected chi connectivity index (χ1v) is 7.46. The van der Waals surface area contributed by atoms with Crippen molar-refractivity contribution in [1.82, 2.24) is 5.43 Å². The van der Waals surface area contributed by atoms with Gasteiger partial charge in [-0.3, -0.25) is 4.79 Å². The summed E-state index contributed by atoms with van der Waals surface area (Å²) in [5, 5.41) is 7.22. The van der Waals surface area contributed by atoms with E-state index in [2.05, 4.69) is 21.9 Å². The summed E-state index contributed by atoms with van der Waals surface area (Å²) >= 11 is 0. The first kappa shape index (κ1) is 16.5. The van der Waals surface area contributed by atoms with Gasteiger partial charge in [0.1, 0.15) is 0 Å². The van der Waals surface area contributed by atoms with E-state index in [0.717, 1.165) is 22.5 Å². The maximum absolute atomic E-state index is 11.9. The molecule has 4 N–H and O–H groups in total. The number of nitrogens with zero attached hydrogens (tertiary/aromatic N) is 1. The molecule has 0 aromatic heterocycles. The minimum absolute atomic E-state index is 0.169. The van der Waals surface area contributed by atoms with E-state index in [4.69, 9.17) is 5.73 Å². The van der Waals surface area contributed by atoms with Crippen molar-refractivity contribution in [2.45, 2.75) is 20.8 Å². The summed E-state index contributed by atoms with van der Waals surface area (Å²) in [6.07, 6.45) is 0. The fraction of sp³-hybridized carbons (Fsp3) is 0.222. The van der Waals surface area contributed by atoms with Crippen LogP contribution < -0.4 is 16.5 Å². The fourth-order valence-electron chi connectivity index (χ4n) is 2.16. The normalized spacial score (nSPS) is 11.2. The minimum Gasteiger partial charge on any atom is -0.399 e. The third-order valence-corrected chi connectivity index (χ3v) is 3.50. The second-order valence-corrected chi connectivity index (χ2v) is 5.53. The number of benzene rings is 2. The number of hydrogen-bond donors (Lipinski definition) is 3. The topological polar surface area (TPSA) is 79.5 Å². The molecule has 0 fully saturated rings. The largest absolute Gasteiger partial charge is 0.399 e. The lowest BCUT2D eigenvalue weighted by Crippen LogP contribution is -2.27. The van der Waals surface area contributed by atoms with E-state index in [0.29, 0.717) is 5.69 Å². The van der Waals surface area contributed by atoms with Crippen molar-refractivity contribution < 1.29 is 4.79 Å². The van der Waals surface area contributed by atoms with Gasteiger partial charge < -0.3 is 11.1 Å². The highest BCUT2D eigenvalue weighted by Crippen LogP contribution is 2.15. The molecule has 5 nitrogen and oxygen atoms in total.